The number of ether oxygens (including phenoxy) is 1. The van der Waals surface area contributed by atoms with E-state index in [0.29, 0.717) is 39.1 Å². The molecule has 0 aliphatic heterocycles. The number of unbranched alkanes of at least 4 members (excludes halogenated alkanes) is 2. The van der Waals surface area contributed by atoms with E-state index in [0.717, 1.165) is 12.8 Å². The number of nitriles is 1. The number of carboxylic acid groups (broad SMARTS) is 1. The molecule has 3 N–H and O–H groups in total. The molecular formula is C15H25N3O4. The molecule has 0 heterocycles. The average molecular weight is 311 g/mol. The third kappa shape index (κ3) is 11.7. The van der Waals surface area contributed by atoms with Crippen molar-refractivity contribution in [2.45, 2.75) is 39.0 Å². The van der Waals surface area contributed by atoms with E-state index in [1.165, 1.54) is 6.20 Å². The quantitative estimate of drug-likeness (QED) is 0.267. The topological polar surface area (TPSA) is 111 Å². The van der Waals surface area contributed by atoms with E-state index in [2.05, 4.69) is 10.6 Å². The van der Waals surface area contributed by atoms with Gasteiger partial charge in [0.1, 0.15) is 11.6 Å². The Labute approximate surface area is 131 Å². The standard InChI is InChI=1S/C15H25N3O4/c1-2-22-10-6-8-17-12-13(11-16)15(21)18-9-5-3-4-7-14(19)20/h12,17H,2-10H2,1H3,(H,18,21)(H,19,20)/b13-12-. The molecule has 0 rings (SSSR count). The van der Waals surface area contributed by atoms with Gasteiger partial charge in [-0.1, -0.05) is 6.42 Å². The SMILES string of the molecule is CCOCCCN/C=C(/C#N)C(=O)NCCCCCC(=O)O. The molecule has 0 saturated carbocycles. The minimum atomic E-state index is -0.811. The molecule has 22 heavy (non-hydrogen) atoms. The monoisotopic (exact) mass is 311 g/mol. The Bertz CT molecular complexity index is 402. The van der Waals surface area contributed by atoms with Crippen LogP contribution in [0.4, 0.5) is 0 Å². The normalized spacial score (nSPS) is 10.8. The van der Waals surface area contributed by atoms with Gasteiger partial charge >= 0.3 is 5.97 Å². The zero-order valence-corrected chi connectivity index (χ0v) is 13.1. The Morgan fingerprint density at radius 2 is 2.00 bits per heavy atom. The molecule has 0 radical (unpaired) electrons. The van der Waals surface area contributed by atoms with Crippen LogP contribution in [0.1, 0.15) is 39.0 Å². The van der Waals surface area contributed by atoms with Crippen molar-refractivity contribution >= 4 is 11.9 Å². The molecular weight excluding hydrogens is 286 g/mol. The number of nitrogens with one attached hydrogen (secondary N) is 2. The molecule has 0 bridgehead atoms. The molecule has 0 aromatic rings. The van der Waals surface area contributed by atoms with Gasteiger partial charge in [-0.05, 0) is 26.2 Å². The predicted octanol–water partition coefficient (Wildman–Crippen LogP) is 1.17. The number of aliphatic carboxylic acids is 1. The maximum absolute atomic E-state index is 11.7. The smallest absolute Gasteiger partial charge is 0.303 e. The molecule has 0 saturated heterocycles. The second-order valence-electron chi connectivity index (χ2n) is 4.63. The number of carbonyl (C=O) groups excluding carboxylic acids is 1. The van der Waals surface area contributed by atoms with Gasteiger partial charge in [0, 0.05) is 38.9 Å². The number of carboxylic acids is 1. The molecule has 0 aliphatic carbocycles. The summed E-state index contributed by atoms with van der Waals surface area (Å²) in [6, 6.07) is 1.85. The minimum Gasteiger partial charge on any atom is -0.481 e. The van der Waals surface area contributed by atoms with Gasteiger partial charge in [-0.2, -0.15) is 5.26 Å². The summed E-state index contributed by atoms with van der Waals surface area (Å²) in [5.41, 5.74) is 0.0296. The first-order valence-electron chi connectivity index (χ1n) is 7.53. The first kappa shape index (κ1) is 19.9. The lowest BCUT2D eigenvalue weighted by Crippen LogP contribution is -2.26. The molecule has 0 aliphatic rings. The van der Waals surface area contributed by atoms with E-state index < -0.39 is 11.9 Å². The van der Waals surface area contributed by atoms with E-state index in [4.69, 9.17) is 15.1 Å². The Balaban J connectivity index is 3.80. The van der Waals surface area contributed by atoms with Gasteiger partial charge in [0.15, 0.2) is 0 Å². The van der Waals surface area contributed by atoms with Gasteiger partial charge in [-0.15, -0.1) is 0 Å². The Hall–Kier alpha value is -2.07. The number of hydrogen-bond acceptors (Lipinski definition) is 5. The molecule has 1 amide bonds. The lowest BCUT2D eigenvalue weighted by atomic mass is 10.2. The Morgan fingerprint density at radius 1 is 1.23 bits per heavy atom. The fraction of sp³-hybridized carbons (Fsp3) is 0.667. The predicted molar refractivity (Wildman–Crippen MR) is 81.9 cm³/mol. The van der Waals surface area contributed by atoms with Crippen LogP contribution in [0.2, 0.25) is 0 Å². The van der Waals surface area contributed by atoms with Crippen LogP contribution in [0, 0.1) is 11.3 Å². The number of carbonyl (C=O) groups is 2. The zero-order valence-electron chi connectivity index (χ0n) is 13.1. The van der Waals surface area contributed by atoms with Gasteiger partial charge in [0.2, 0.25) is 0 Å². The van der Waals surface area contributed by atoms with E-state index in [1.807, 2.05) is 13.0 Å². The minimum absolute atomic E-state index is 0.0296. The third-order valence-corrected chi connectivity index (χ3v) is 2.78. The highest BCUT2D eigenvalue weighted by Crippen LogP contribution is 1.99. The molecule has 7 heteroatoms. The highest BCUT2D eigenvalue weighted by atomic mass is 16.5. The van der Waals surface area contributed by atoms with E-state index in [1.54, 1.807) is 0 Å². The average Bonchev–Trinajstić information content (AvgIpc) is 2.49. The molecule has 0 atom stereocenters. The van der Waals surface area contributed by atoms with Crippen molar-refractivity contribution in [3.05, 3.63) is 11.8 Å². The van der Waals surface area contributed by atoms with Crippen LogP contribution in [0.25, 0.3) is 0 Å². The Kier molecular flexibility index (Phi) is 12.6. The highest BCUT2D eigenvalue weighted by molar-refractivity contribution is 5.97. The summed E-state index contributed by atoms with van der Waals surface area (Å²) in [6.07, 6.45) is 4.36. The number of nitrogens with zero attached hydrogens (tertiary/aromatic N) is 1. The highest BCUT2D eigenvalue weighted by Gasteiger charge is 2.07. The fourth-order valence-corrected chi connectivity index (χ4v) is 1.62. The summed E-state index contributed by atoms with van der Waals surface area (Å²) in [7, 11) is 0. The molecule has 0 aromatic carbocycles. The lowest BCUT2D eigenvalue weighted by Gasteiger charge is -2.05. The van der Waals surface area contributed by atoms with Gasteiger partial charge < -0.3 is 20.5 Å². The van der Waals surface area contributed by atoms with E-state index in [-0.39, 0.29) is 12.0 Å². The summed E-state index contributed by atoms with van der Waals surface area (Å²) in [5.74, 6) is -1.23. The summed E-state index contributed by atoms with van der Waals surface area (Å²) >= 11 is 0. The maximum atomic E-state index is 11.7. The zero-order chi connectivity index (χ0) is 16.6. The molecule has 0 fully saturated rings. The second kappa shape index (κ2) is 13.9. The fourth-order valence-electron chi connectivity index (χ4n) is 1.62. The maximum Gasteiger partial charge on any atom is 0.303 e. The molecule has 0 spiro atoms. The number of hydrogen-bond donors (Lipinski definition) is 3. The second-order valence-corrected chi connectivity index (χ2v) is 4.63. The lowest BCUT2D eigenvalue weighted by molar-refractivity contribution is -0.137. The third-order valence-electron chi connectivity index (χ3n) is 2.78. The van der Waals surface area contributed by atoms with Gasteiger partial charge in [-0.3, -0.25) is 9.59 Å². The molecule has 7 nitrogen and oxygen atoms in total. The van der Waals surface area contributed by atoms with Crippen molar-refractivity contribution in [2.75, 3.05) is 26.3 Å². The van der Waals surface area contributed by atoms with Crippen molar-refractivity contribution in [3.8, 4) is 6.07 Å². The van der Waals surface area contributed by atoms with Crippen LogP contribution in [-0.2, 0) is 14.3 Å². The van der Waals surface area contributed by atoms with Gasteiger partial charge in [0.25, 0.3) is 5.91 Å². The summed E-state index contributed by atoms with van der Waals surface area (Å²) in [5, 5.41) is 23.0. The van der Waals surface area contributed by atoms with E-state index in [9.17, 15) is 9.59 Å². The van der Waals surface area contributed by atoms with Crippen LogP contribution >= 0.6 is 0 Å². The van der Waals surface area contributed by atoms with Crippen LogP contribution in [0.5, 0.6) is 0 Å². The summed E-state index contributed by atoms with van der Waals surface area (Å²) in [6.45, 7) is 4.30. The van der Waals surface area contributed by atoms with Gasteiger partial charge in [0.05, 0.1) is 0 Å². The molecule has 124 valence electrons. The van der Waals surface area contributed by atoms with Crippen molar-refractivity contribution in [1.82, 2.24) is 10.6 Å². The Morgan fingerprint density at radius 3 is 2.64 bits per heavy atom. The summed E-state index contributed by atoms with van der Waals surface area (Å²) < 4.78 is 5.17. The van der Waals surface area contributed by atoms with Crippen molar-refractivity contribution in [2.24, 2.45) is 0 Å². The number of rotatable bonds is 13. The van der Waals surface area contributed by atoms with Crippen molar-refractivity contribution < 1.29 is 19.4 Å². The molecule has 0 unspecified atom stereocenters. The van der Waals surface area contributed by atoms with Gasteiger partial charge in [-0.25, -0.2) is 0 Å². The van der Waals surface area contributed by atoms with Crippen LogP contribution in [0.15, 0.2) is 11.8 Å². The van der Waals surface area contributed by atoms with Crippen molar-refractivity contribution in [3.63, 3.8) is 0 Å². The largest absolute Gasteiger partial charge is 0.481 e. The van der Waals surface area contributed by atoms with Crippen molar-refractivity contribution in [1.29, 1.82) is 5.26 Å². The number of amides is 1. The molecule has 0 aromatic heterocycles. The first-order chi connectivity index (χ1) is 10.6. The van der Waals surface area contributed by atoms with Crippen LogP contribution < -0.4 is 10.6 Å². The van der Waals surface area contributed by atoms with Crippen LogP contribution in [-0.4, -0.2) is 43.3 Å². The first-order valence-corrected chi connectivity index (χ1v) is 7.53. The van der Waals surface area contributed by atoms with Crippen LogP contribution in [0.3, 0.4) is 0 Å². The summed E-state index contributed by atoms with van der Waals surface area (Å²) in [4.78, 5) is 22.0. The van der Waals surface area contributed by atoms with E-state index >= 15 is 0 Å².